The summed E-state index contributed by atoms with van der Waals surface area (Å²) in [7, 11) is 0. The van der Waals surface area contributed by atoms with Crippen molar-refractivity contribution in [1.29, 1.82) is 0 Å². The molecule has 3 N–H and O–H groups in total. The lowest BCUT2D eigenvalue weighted by atomic mass is 9.98. The molecule has 3 aliphatic rings. The molecule has 0 spiro atoms. The molecule has 196 valence electrons. The molecule has 37 heavy (non-hydrogen) atoms. The Bertz CT molecular complexity index is 1300. The number of fused-ring (bicyclic) bond motifs is 2. The van der Waals surface area contributed by atoms with Gasteiger partial charge in [0.2, 0.25) is 5.95 Å². The van der Waals surface area contributed by atoms with Crippen LogP contribution in [0.5, 0.6) is 5.75 Å². The van der Waals surface area contributed by atoms with Crippen LogP contribution in [0.25, 0.3) is 11.0 Å². The molecule has 0 radical (unpaired) electrons. The third kappa shape index (κ3) is 4.70. The van der Waals surface area contributed by atoms with E-state index in [2.05, 4.69) is 30.5 Å². The molecule has 6 rings (SSSR count). The second-order valence-corrected chi connectivity index (χ2v) is 10.5. The molecule has 0 bridgehead atoms. The number of hydrogen-bond acceptors (Lipinski definition) is 7. The number of rotatable bonds is 6. The number of nitrogens with zero attached hydrogens (tertiary/aromatic N) is 4. The smallest absolute Gasteiger partial charge is 0.254 e. The number of benzene rings is 1. The number of piperidine rings is 2. The average Bonchev–Trinajstić information content (AvgIpc) is 3.57. The van der Waals surface area contributed by atoms with E-state index in [1.54, 1.807) is 6.20 Å². The number of ether oxygens (including phenoxy) is 1. The van der Waals surface area contributed by atoms with Crippen LogP contribution >= 0.6 is 11.6 Å². The molecule has 10 heteroatoms. The average molecular weight is 524 g/mol. The van der Waals surface area contributed by atoms with Crippen LogP contribution in [0.15, 0.2) is 18.3 Å². The van der Waals surface area contributed by atoms with E-state index < -0.39 is 0 Å². The van der Waals surface area contributed by atoms with Crippen LogP contribution in [0.3, 0.4) is 0 Å². The molecule has 0 unspecified atom stereocenters. The van der Waals surface area contributed by atoms with Gasteiger partial charge in [-0.05, 0) is 57.8 Å². The number of carbonyl (C=O) groups is 1. The Balaban J connectivity index is 1.20. The van der Waals surface area contributed by atoms with Gasteiger partial charge in [0, 0.05) is 49.4 Å². The minimum Gasteiger partial charge on any atom is -0.491 e. The normalized spacial score (nSPS) is 18.6. The quantitative estimate of drug-likeness (QED) is 0.426. The van der Waals surface area contributed by atoms with E-state index in [-0.39, 0.29) is 5.91 Å². The second kappa shape index (κ2) is 10.4. The Morgan fingerprint density at radius 2 is 1.97 bits per heavy atom. The molecule has 0 aliphatic carbocycles. The zero-order valence-corrected chi connectivity index (χ0v) is 22.0. The molecule has 0 atom stereocenters. The minimum absolute atomic E-state index is 0.110. The summed E-state index contributed by atoms with van der Waals surface area (Å²) >= 11 is 6.33. The molecule has 2 aromatic heterocycles. The number of anilines is 3. The van der Waals surface area contributed by atoms with Crippen molar-refractivity contribution in [2.24, 2.45) is 0 Å². The first-order chi connectivity index (χ1) is 18.1. The zero-order chi connectivity index (χ0) is 25.4. The summed E-state index contributed by atoms with van der Waals surface area (Å²) in [5, 5.41) is 7.91. The van der Waals surface area contributed by atoms with Crippen LogP contribution in [0, 0.1) is 0 Å². The second-order valence-electron chi connectivity index (χ2n) is 10.1. The zero-order valence-electron chi connectivity index (χ0n) is 21.3. The van der Waals surface area contributed by atoms with Crippen molar-refractivity contribution in [2.45, 2.75) is 51.5 Å². The Morgan fingerprint density at radius 3 is 2.76 bits per heavy atom. The molecule has 0 saturated carbocycles. The van der Waals surface area contributed by atoms with Gasteiger partial charge in [0.25, 0.3) is 5.91 Å². The monoisotopic (exact) mass is 523 g/mol. The predicted octanol–water partition coefficient (Wildman–Crippen LogP) is 4.81. The lowest BCUT2D eigenvalue weighted by Crippen LogP contribution is -2.48. The molecule has 3 aliphatic heterocycles. The lowest BCUT2D eigenvalue weighted by molar-refractivity contribution is 0.0589. The summed E-state index contributed by atoms with van der Waals surface area (Å²) < 4.78 is 6.01. The molecule has 3 aromatic rings. The number of hydrogen-bond donors (Lipinski definition) is 3. The maximum absolute atomic E-state index is 13.6. The van der Waals surface area contributed by atoms with E-state index in [1.807, 2.05) is 24.0 Å². The minimum atomic E-state index is 0.110. The topological polar surface area (TPSA) is 98.4 Å². The third-order valence-electron chi connectivity index (χ3n) is 7.82. The number of aromatic nitrogens is 3. The summed E-state index contributed by atoms with van der Waals surface area (Å²) in [6, 6.07) is 4.44. The van der Waals surface area contributed by atoms with Crippen LogP contribution in [0.4, 0.5) is 17.5 Å². The molecular formula is C27H34ClN7O2. The number of halogens is 1. The van der Waals surface area contributed by atoms with Gasteiger partial charge in [-0.3, -0.25) is 4.79 Å². The van der Waals surface area contributed by atoms with Crippen molar-refractivity contribution in [3.05, 3.63) is 34.5 Å². The van der Waals surface area contributed by atoms with E-state index in [4.69, 9.17) is 16.3 Å². The Kier molecular flexibility index (Phi) is 6.82. The molecule has 2 saturated heterocycles. The van der Waals surface area contributed by atoms with Crippen molar-refractivity contribution in [3.8, 4) is 5.75 Å². The molecule has 5 heterocycles. The predicted molar refractivity (Wildman–Crippen MR) is 146 cm³/mol. The van der Waals surface area contributed by atoms with E-state index in [9.17, 15) is 4.79 Å². The SMILES string of the molecule is CCNc1nc(Nc2ccc(C(=O)N3CCC(N4CCCCC4)CC3)c3c2OCC3)nc2[nH]cc(Cl)c12. The van der Waals surface area contributed by atoms with E-state index >= 15 is 0 Å². The van der Waals surface area contributed by atoms with Crippen molar-refractivity contribution < 1.29 is 9.53 Å². The van der Waals surface area contributed by atoms with Gasteiger partial charge in [-0.2, -0.15) is 9.97 Å². The Hall–Kier alpha value is -3.04. The summed E-state index contributed by atoms with van der Waals surface area (Å²) in [6.07, 6.45) is 8.50. The van der Waals surface area contributed by atoms with Gasteiger partial charge < -0.3 is 30.2 Å². The third-order valence-corrected chi connectivity index (χ3v) is 8.12. The van der Waals surface area contributed by atoms with Gasteiger partial charge in [-0.15, -0.1) is 0 Å². The first-order valence-electron chi connectivity index (χ1n) is 13.5. The fourth-order valence-corrected chi connectivity index (χ4v) is 6.18. The number of aromatic amines is 1. The molecule has 2 fully saturated rings. The number of nitrogens with one attached hydrogen (secondary N) is 3. The fraction of sp³-hybridized carbons (Fsp3) is 0.519. The maximum Gasteiger partial charge on any atom is 0.254 e. The molecule has 9 nitrogen and oxygen atoms in total. The Morgan fingerprint density at radius 1 is 1.16 bits per heavy atom. The highest BCUT2D eigenvalue weighted by Gasteiger charge is 2.31. The van der Waals surface area contributed by atoms with Crippen molar-refractivity contribution in [2.75, 3.05) is 50.0 Å². The van der Waals surface area contributed by atoms with Crippen LogP contribution < -0.4 is 15.4 Å². The number of likely N-dealkylation sites (tertiary alicyclic amines) is 2. The van der Waals surface area contributed by atoms with Crippen molar-refractivity contribution in [1.82, 2.24) is 24.8 Å². The van der Waals surface area contributed by atoms with Gasteiger partial charge in [0.15, 0.2) is 0 Å². The molecular weight excluding hydrogens is 490 g/mol. The van der Waals surface area contributed by atoms with Gasteiger partial charge in [0.05, 0.1) is 22.7 Å². The Labute approximate surface area is 221 Å². The van der Waals surface area contributed by atoms with Crippen LogP contribution in [-0.4, -0.2) is 76.0 Å². The largest absolute Gasteiger partial charge is 0.491 e. The summed E-state index contributed by atoms with van der Waals surface area (Å²) in [5.74, 6) is 1.92. The first kappa shape index (κ1) is 24.3. The summed E-state index contributed by atoms with van der Waals surface area (Å²) in [5.41, 5.74) is 3.11. The van der Waals surface area contributed by atoms with Crippen LogP contribution in [0.1, 0.15) is 54.9 Å². The molecule has 1 amide bonds. The first-order valence-corrected chi connectivity index (χ1v) is 13.9. The number of amides is 1. The van der Waals surface area contributed by atoms with Crippen molar-refractivity contribution in [3.63, 3.8) is 0 Å². The highest BCUT2D eigenvalue weighted by molar-refractivity contribution is 6.36. The van der Waals surface area contributed by atoms with Crippen LogP contribution in [0.2, 0.25) is 5.02 Å². The number of H-pyrrole nitrogens is 1. The van der Waals surface area contributed by atoms with Gasteiger partial charge in [0.1, 0.15) is 17.2 Å². The van der Waals surface area contributed by atoms with Crippen LogP contribution in [-0.2, 0) is 6.42 Å². The van der Waals surface area contributed by atoms with Gasteiger partial charge in [-0.25, -0.2) is 0 Å². The van der Waals surface area contributed by atoms with Crippen molar-refractivity contribution >= 4 is 46.0 Å². The highest BCUT2D eigenvalue weighted by Crippen LogP contribution is 2.39. The standard InChI is InChI=1S/C27H34ClN7O2/c1-2-29-24-22-20(28)16-30-25(22)33-27(32-24)31-21-7-6-19(18-10-15-37-23(18)21)26(36)35-13-8-17(9-14-35)34-11-4-3-5-12-34/h6-7,16-17H,2-5,8-15H2,1H3,(H3,29,30,31,32,33). The lowest BCUT2D eigenvalue weighted by Gasteiger charge is -2.40. The van der Waals surface area contributed by atoms with Gasteiger partial charge in [-0.1, -0.05) is 18.0 Å². The van der Waals surface area contributed by atoms with E-state index in [0.29, 0.717) is 53.8 Å². The summed E-state index contributed by atoms with van der Waals surface area (Å²) in [4.78, 5) is 30.6. The highest BCUT2D eigenvalue weighted by atomic mass is 35.5. The van der Waals surface area contributed by atoms with Gasteiger partial charge >= 0.3 is 0 Å². The van der Waals surface area contributed by atoms with E-state index in [1.165, 1.54) is 32.4 Å². The molecule has 1 aromatic carbocycles. The summed E-state index contributed by atoms with van der Waals surface area (Å²) in [6.45, 7) is 7.32. The van der Waals surface area contributed by atoms with E-state index in [0.717, 1.165) is 48.1 Å². The number of carbonyl (C=O) groups excluding carboxylic acids is 1. The maximum atomic E-state index is 13.6. The fourth-order valence-electron chi connectivity index (χ4n) is 5.95.